The van der Waals surface area contributed by atoms with E-state index in [1.54, 1.807) is 6.08 Å². The first-order valence-electron chi connectivity index (χ1n) is 2.89. The van der Waals surface area contributed by atoms with E-state index >= 15 is 0 Å². The van der Waals surface area contributed by atoms with Crippen LogP contribution in [0.4, 0.5) is 0 Å². The zero-order valence-corrected chi connectivity index (χ0v) is 5.38. The molecule has 9 heavy (non-hydrogen) atoms. The third-order valence-electron chi connectivity index (χ3n) is 0.821. The second kappa shape index (κ2) is 7.17. The molecule has 0 unspecified atom stereocenters. The maximum atomic E-state index is 7.94. The third-order valence-corrected chi connectivity index (χ3v) is 0.821. The van der Waals surface area contributed by atoms with Crippen LogP contribution in [0, 0.1) is 0 Å². The van der Waals surface area contributed by atoms with Crippen LogP contribution in [-0.2, 0) is 0 Å². The molecule has 0 aliphatic carbocycles. The van der Waals surface area contributed by atoms with Gasteiger partial charge in [-0.3, -0.25) is 0 Å². The second-order valence-electron chi connectivity index (χ2n) is 1.58. The second-order valence-corrected chi connectivity index (χ2v) is 1.58. The molecule has 0 atom stereocenters. The Morgan fingerprint density at radius 1 is 1.67 bits per heavy atom. The molecule has 0 rings (SSSR count). The van der Waals surface area contributed by atoms with Crippen molar-refractivity contribution in [2.45, 2.75) is 6.42 Å². The van der Waals surface area contributed by atoms with Gasteiger partial charge in [0.05, 0.1) is 0 Å². The minimum atomic E-state index is 0.754. The minimum Gasteiger partial charge on any atom is -0.411 e. The largest absolute Gasteiger partial charge is 0.411 e. The van der Waals surface area contributed by atoms with Crippen LogP contribution in [-0.4, -0.2) is 24.5 Å². The molecule has 0 heterocycles. The molecule has 0 saturated carbocycles. The van der Waals surface area contributed by atoms with Crippen LogP contribution < -0.4 is 5.32 Å². The molecule has 3 nitrogen and oxygen atoms in total. The van der Waals surface area contributed by atoms with Crippen molar-refractivity contribution in [3.05, 3.63) is 12.7 Å². The van der Waals surface area contributed by atoms with E-state index in [0.29, 0.717) is 0 Å². The molecule has 0 spiro atoms. The summed E-state index contributed by atoms with van der Waals surface area (Å²) in [5.74, 6) is 0. The van der Waals surface area contributed by atoms with Gasteiger partial charge in [0, 0.05) is 19.3 Å². The molecule has 3 heteroatoms. The van der Waals surface area contributed by atoms with Crippen LogP contribution >= 0.6 is 0 Å². The van der Waals surface area contributed by atoms with Crippen LogP contribution in [0.15, 0.2) is 17.8 Å². The lowest BCUT2D eigenvalue weighted by molar-refractivity contribution is 0.320. The van der Waals surface area contributed by atoms with Gasteiger partial charge in [0.2, 0.25) is 0 Å². The predicted octanol–water partition coefficient (Wildman–Crippen LogP) is 0.612. The average molecular weight is 128 g/mol. The summed E-state index contributed by atoms with van der Waals surface area (Å²) in [5.41, 5.74) is 0. The van der Waals surface area contributed by atoms with Crippen LogP contribution in [0.5, 0.6) is 0 Å². The van der Waals surface area contributed by atoms with E-state index in [-0.39, 0.29) is 0 Å². The molecule has 0 bridgehead atoms. The lowest BCUT2D eigenvalue weighted by atomic mass is 10.4. The zero-order chi connectivity index (χ0) is 6.95. The fourth-order valence-corrected chi connectivity index (χ4v) is 0.428. The summed E-state index contributed by atoms with van der Waals surface area (Å²) in [5, 5.41) is 13.8. The standard InChI is InChI=1S/C6H12N2O/c1-2-4-7-5-3-6-8-9/h2,6-7,9H,1,3-5H2. The van der Waals surface area contributed by atoms with Gasteiger partial charge in [0.15, 0.2) is 0 Å². The van der Waals surface area contributed by atoms with Crippen molar-refractivity contribution in [2.75, 3.05) is 13.1 Å². The van der Waals surface area contributed by atoms with Crippen molar-refractivity contribution in [3.8, 4) is 0 Å². The Kier molecular flexibility index (Phi) is 6.51. The van der Waals surface area contributed by atoms with Gasteiger partial charge in [-0.2, -0.15) is 0 Å². The molecular formula is C6H12N2O. The molecule has 0 saturated heterocycles. The highest BCUT2D eigenvalue weighted by Gasteiger charge is 1.78. The number of nitrogens with zero attached hydrogens (tertiary/aromatic N) is 1. The summed E-state index contributed by atoms with van der Waals surface area (Å²) >= 11 is 0. The molecule has 0 aromatic rings. The fourth-order valence-electron chi connectivity index (χ4n) is 0.428. The molecule has 0 aromatic heterocycles. The smallest absolute Gasteiger partial charge is 0.0448 e. The quantitative estimate of drug-likeness (QED) is 0.187. The zero-order valence-electron chi connectivity index (χ0n) is 5.38. The lowest BCUT2D eigenvalue weighted by Crippen LogP contribution is -2.14. The highest BCUT2D eigenvalue weighted by molar-refractivity contribution is 5.56. The minimum absolute atomic E-state index is 0.754. The first-order valence-corrected chi connectivity index (χ1v) is 2.89. The molecular weight excluding hydrogens is 116 g/mol. The summed E-state index contributed by atoms with van der Waals surface area (Å²) in [6, 6.07) is 0. The Labute approximate surface area is 55.1 Å². The van der Waals surface area contributed by atoms with Gasteiger partial charge >= 0.3 is 0 Å². The number of hydrogen-bond donors (Lipinski definition) is 2. The van der Waals surface area contributed by atoms with Gasteiger partial charge in [-0.15, -0.1) is 11.7 Å². The summed E-state index contributed by atoms with van der Waals surface area (Å²) in [6.45, 7) is 5.17. The molecule has 2 N–H and O–H groups in total. The molecule has 0 radical (unpaired) electrons. The summed E-state index contributed by atoms with van der Waals surface area (Å²) in [6.07, 6.45) is 4.00. The first-order chi connectivity index (χ1) is 4.41. The number of nitrogens with one attached hydrogen (secondary N) is 1. The van der Waals surface area contributed by atoms with E-state index < -0.39 is 0 Å². The molecule has 0 aromatic carbocycles. The average Bonchev–Trinajstić information content (AvgIpc) is 1.89. The molecule has 0 aliphatic heterocycles. The van der Waals surface area contributed by atoms with Gasteiger partial charge < -0.3 is 10.5 Å². The maximum absolute atomic E-state index is 7.94. The summed E-state index contributed by atoms with van der Waals surface area (Å²) in [7, 11) is 0. The lowest BCUT2D eigenvalue weighted by Gasteiger charge is -1.93. The highest BCUT2D eigenvalue weighted by atomic mass is 16.4. The Morgan fingerprint density at radius 3 is 3.00 bits per heavy atom. The maximum Gasteiger partial charge on any atom is 0.0448 e. The van der Waals surface area contributed by atoms with E-state index in [9.17, 15) is 0 Å². The fraction of sp³-hybridized carbons (Fsp3) is 0.500. The summed E-state index contributed by atoms with van der Waals surface area (Å²) in [4.78, 5) is 0. The highest BCUT2D eigenvalue weighted by Crippen LogP contribution is 1.68. The van der Waals surface area contributed by atoms with Crippen molar-refractivity contribution in [1.29, 1.82) is 0 Å². The first kappa shape index (κ1) is 8.17. The van der Waals surface area contributed by atoms with Gasteiger partial charge in [0.1, 0.15) is 0 Å². The molecule has 0 amide bonds. The van der Waals surface area contributed by atoms with Crippen molar-refractivity contribution < 1.29 is 5.21 Å². The molecule has 0 aliphatic rings. The van der Waals surface area contributed by atoms with E-state index in [4.69, 9.17) is 5.21 Å². The topological polar surface area (TPSA) is 44.6 Å². The predicted molar refractivity (Wildman–Crippen MR) is 38.0 cm³/mol. The number of hydrogen-bond acceptors (Lipinski definition) is 3. The van der Waals surface area contributed by atoms with E-state index in [1.165, 1.54) is 6.21 Å². The SMILES string of the molecule is C=CCNCCC=NO. The van der Waals surface area contributed by atoms with E-state index in [0.717, 1.165) is 19.5 Å². The van der Waals surface area contributed by atoms with Crippen molar-refractivity contribution in [3.63, 3.8) is 0 Å². The Balaban J connectivity index is 2.82. The Hall–Kier alpha value is -0.830. The van der Waals surface area contributed by atoms with Crippen molar-refractivity contribution in [1.82, 2.24) is 5.32 Å². The monoisotopic (exact) mass is 128 g/mol. The van der Waals surface area contributed by atoms with Crippen LogP contribution in [0.2, 0.25) is 0 Å². The molecule has 52 valence electrons. The van der Waals surface area contributed by atoms with Crippen molar-refractivity contribution >= 4 is 6.21 Å². The Morgan fingerprint density at radius 2 is 2.44 bits per heavy atom. The van der Waals surface area contributed by atoms with Crippen LogP contribution in [0.25, 0.3) is 0 Å². The van der Waals surface area contributed by atoms with Crippen LogP contribution in [0.1, 0.15) is 6.42 Å². The van der Waals surface area contributed by atoms with Crippen molar-refractivity contribution in [2.24, 2.45) is 5.16 Å². The van der Waals surface area contributed by atoms with Crippen LogP contribution in [0.3, 0.4) is 0 Å². The number of oxime groups is 1. The summed E-state index contributed by atoms with van der Waals surface area (Å²) < 4.78 is 0. The van der Waals surface area contributed by atoms with Gasteiger partial charge in [-0.25, -0.2) is 0 Å². The molecule has 0 fully saturated rings. The van der Waals surface area contributed by atoms with Gasteiger partial charge in [-0.1, -0.05) is 6.08 Å². The van der Waals surface area contributed by atoms with E-state index in [1.807, 2.05) is 0 Å². The number of rotatable bonds is 5. The normalized spacial score (nSPS) is 10.2. The van der Waals surface area contributed by atoms with E-state index in [2.05, 4.69) is 17.1 Å². The Bertz CT molecular complexity index is 91.1. The van der Waals surface area contributed by atoms with Gasteiger partial charge in [0.25, 0.3) is 0 Å². The third kappa shape index (κ3) is 7.17. The van der Waals surface area contributed by atoms with Gasteiger partial charge in [-0.05, 0) is 6.42 Å².